The van der Waals surface area contributed by atoms with Gasteiger partial charge in [0.1, 0.15) is 0 Å². The van der Waals surface area contributed by atoms with Crippen molar-refractivity contribution in [1.82, 2.24) is 4.90 Å². The number of hydrogen-bond donors (Lipinski definition) is 1. The van der Waals surface area contributed by atoms with E-state index >= 15 is 0 Å². The smallest absolute Gasteiger partial charge is 0.0460 e. The third-order valence-corrected chi connectivity index (χ3v) is 4.53. The van der Waals surface area contributed by atoms with Gasteiger partial charge >= 0.3 is 0 Å². The molecule has 0 unspecified atom stereocenters. The number of aliphatic hydroxyl groups excluding tert-OH is 1. The fraction of sp³-hybridized carbons (Fsp3) is 0.625. The highest BCUT2D eigenvalue weighted by Gasteiger charge is 2.19. The topological polar surface area (TPSA) is 23.5 Å². The summed E-state index contributed by atoms with van der Waals surface area (Å²) in [6, 6.07) is 7.06. The largest absolute Gasteiger partial charge is 0.396 e. The van der Waals surface area contributed by atoms with Gasteiger partial charge in [-0.05, 0) is 67.8 Å². The molecule has 3 rings (SSSR count). The van der Waals surface area contributed by atoms with E-state index in [-0.39, 0.29) is 0 Å². The van der Waals surface area contributed by atoms with E-state index < -0.39 is 0 Å². The molecule has 1 aromatic carbocycles. The van der Waals surface area contributed by atoms with Gasteiger partial charge in [0.25, 0.3) is 0 Å². The average Bonchev–Trinajstić information content (AvgIpc) is 2.87. The van der Waals surface area contributed by atoms with Crippen LogP contribution in [0.5, 0.6) is 0 Å². The molecule has 1 saturated heterocycles. The Kier molecular flexibility index (Phi) is 3.67. The molecule has 2 nitrogen and oxygen atoms in total. The first-order chi connectivity index (χ1) is 8.85. The van der Waals surface area contributed by atoms with Crippen LogP contribution < -0.4 is 0 Å². The summed E-state index contributed by atoms with van der Waals surface area (Å²) in [7, 11) is 0. The number of aliphatic hydroxyl groups is 1. The van der Waals surface area contributed by atoms with Crippen LogP contribution in [-0.2, 0) is 19.4 Å². The van der Waals surface area contributed by atoms with E-state index in [1.165, 1.54) is 24.8 Å². The Bertz CT molecular complexity index is 408. The molecule has 0 saturated carbocycles. The minimum Gasteiger partial charge on any atom is -0.396 e. The average molecular weight is 245 g/mol. The number of rotatable bonds is 3. The molecule has 0 radical (unpaired) electrons. The van der Waals surface area contributed by atoms with E-state index in [2.05, 4.69) is 23.1 Å². The SMILES string of the molecule is OCC1CCN(Cc2ccc3c(c2)CCC3)CC1. The van der Waals surface area contributed by atoms with Gasteiger partial charge in [-0.1, -0.05) is 18.2 Å². The van der Waals surface area contributed by atoms with Gasteiger partial charge in [0.05, 0.1) is 0 Å². The Morgan fingerprint density at radius 3 is 2.67 bits per heavy atom. The maximum Gasteiger partial charge on any atom is 0.0460 e. The molecule has 0 atom stereocenters. The van der Waals surface area contributed by atoms with E-state index in [0.29, 0.717) is 12.5 Å². The minimum absolute atomic E-state index is 0.368. The molecule has 0 spiro atoms. The Hall–Kier alpha value is -0.860. The fourth-order valence-electron chi connectivity index (χ4n) is 3.31. The minimum atomic E-state index is 0.368. The standard InChI is InChI=1S/C16H23NO/c18-12-13-6-8-17(9-7-13)11-14-4-5-15-2-1-3-16(15)10-14/h4-5,10,13,18H,1-3,6-9,11-12H2. The van der Waals surface area contributed by atoms with E-state index in [9.17, 15) is 0 Å². The van der Waals surface area contributed by atoms with Crippen LogP contribution in [0.4, 0.5) is 0 Å². The molecule has 18 heavy (non-hydrogen) atoms. The van der Waals surface area contributed by atoms with Gasteiger partial charge in [0.15, 0.2) is 0 Å². The van der Waals surface area contributed by atoms with Crippen molar-refractivity contribution in [3.8, 4) is 0 Å². The quantitative estimate of drug-likeness (QED) is 0.884. The zero-order chi connectivity index (χ0) is 12.4. The monoisotopic (exact) mass is 245 g/mol. The molecule has 1 aliphatic heterocycles. The van der Waals surface area contributed by atoms with Crippen LogP contribution in [-0.4, -0.2) is 29.7 Å². The lowest BCUT2D eigenvalue weighted by molar-refractivity contribution is 0.127. The van der Waals surface area contributed by atoms with Crippen molar-refractivity contribution < 1.29 is 5.11 Å². The molecule has 0 aromatic heterocycles. The number of benzene rings is 1. The second kappa shape index (κ2) is 5.41. The summed E-state index contributed by atoms with van der Waals surface area (Å²) in [5.41, 5.74) is 4.62. The van der Waals surface area contributed by atoms with Gasteiger partial charge in [-0.25, -0.2) is 0 Å². The zero-order valence-corrected chi connectivity index (χ0v) is 11.1. The van der Waals surface area contributed by atoms with Crippen LogP contribution >= 0.6 is 0 Å². The first-order valence-corrected chi connectivity index (χ1v) is 7.29. The summed E-state index contributed by atoms with van der Waals surface area (Å²) in [5.74, 6) is 0.543. The lowest BCUT2D eigenvalue weighted by atomic mass is 9.97. The zero-order valence-electron chi connectivity index (χ0n) is 11.1. The van der Waals surface area contributed by atoms with Crippen molar-refractivity contribution in [2.45, 2.75) is 38.6 Å². The fourth-order valence-corrected chi connectivity index (χ4v) is 3.31. The Balaban J connectivity index is 1.60. The van der Waals surface area contributed by atoms with Gasteiger partial charge in [-0.15, -0.1) is 0 Å². The molecule has 98 valence electrons. The predicted octanol–water partition coefficient (Wildman–Crippen LogP) is 2.38. The third kappa shape index (κ3) is 2.60. The van der Waals surface area contributed by atoms with Crippen molar-refractivity contribution in [2.75, 3.05) is 19.7 Å². The Labute approximate surface area is 110 Å². The van der Waals surface area contributed by atoms with Crippen LogP contribution in [0, 0.1) is 5.92 Å². The second-order valence-corrected chi connectivity index (χ2v) is 5.86. The normalized spacial score (nSPS) is 21.2. The van der Waals surface area contributed by atoms with E-state index in [0.717, 1.165) is 32.5 Å². The maximum absolute atomic E-state index is 9.15. The molecule has 0 amide bonds. The van der Waals surface area contributed by atoms with E-state index in [1.54, 1.807) is 11.1 Å². The summed E-state index contributed by atoms with van der Waals surface area (Å²) in [6.45, 7) is 3.74. The molecular formula is C16H23NO. The molecular weight excluding hydrogens is 222 g/mol. The molecule has 1 heterocycles. The van der Waals surface area contributed by atoms with Gasteiger partial charge in [-0.2, -0.15) is 0 Å². The number of aryl methyl sites for hydroxylation is 2. The highest BCUT2D eigenvalue weighted by atomic mass is 16.3. The molecule has 2 aliphatic rings. The van der Waals surface area contributed by atoms with Gasteiger partial charge < -0.3 is 5.11 Å². The van der Waals surface area contributed by atoms with Crippen molar-refractivity contribution in [3.63, 3.8) is 0 Å². The molecule has 1 aromatic rings. The highest BCUT2D eigenvalue weighted by Crippen LogP contribution is 2.24. The van der Waals surface area contributed by atoms with E-state index in [1.807, 2.05) is 0 Å². The maximum atomic E-state index is 9.15. The van der Waals surface area contributed by atoms with Gasteiger partial charge in [-0.3, -0.25) is 4.90 Å². The summed E-state index contributed by atoms with van der Waals surface area (Å²) >= 11 is 0. The number of nitrogens with zero attached hydrogens (tertiary/aromatic N) is 1. The summed E-state index contributed by atoms with van der Waals surface area (Å²) in [5, 5.41) is 9.15. The molecule has 0 bridgehead atoms. The summed E-state index contributed by atoms with van der Waals surface area (Å²) < 4.78 is 0. The van der Waals surface area contributed by atoms with Gasteiger partial charge in [0.2, 0.25) is 0 Å². The first-order valence-electron chi connectivity index (χ1n) is 7.29. The predicted molar refractivity (Wildman–Crippen MR) is 73.6 cm³/mol. The van der Waals surface area contributed by atoms with Crippen LogP contribution in [0.2, 0.25) is 0 Å². The molecule has 1 aliphatic carbocycles. The van der Waals surface area contributed by atoms with Crippen molar-refractivity contribution in [3.05, 3.63) is 34.9 Å². The summed E-state index contributed by atoms with van der Waals surface area (Å²) in [6.07, 6.45) is 6.19. The number of fused-ring (bicyclic) bond motifs is 1. The Morgan fingerprint density at radius 1 is 1.11 bits per heavy atom. The number of likely N-dealkylation sites (tertiary alicyclic amines) is 1. The molecule has 2 heteroatoms. The lowest BCUT2D eigenvalue weighted by Crippen LogP contribution is -2.34. The lowest BCUT2D eigenvalue weighted by Gasteiger charge is -2.31. The highest BCUT2D eigenvalue weighted by molar-refractivity contribution is 5.35. The van der Waals surface area contributed by atoms with E-state index in [4.69, 9.17) is 5.11 Å². The molecule has 1 N–H and O–H groups in total. The Morgan fingerprint density at radius 2 is 1.89 bits per heavy atom. The van der Waals surface area contributed by atoms with Crippen molar-refractivity contribution in [1.29, 1.82) is 0 Å². The number of piperidine rings is 1. The van der Waals surface area contributed by atoms with Crippen LogP contribution in [0.25, 0.3) is 0 Å². The summed E-state index contributed by atoms with van der Waals surface area (Å²) in [4.78, 5) is 2.53. The van der Waals surface area contributed by atoms with Crippen molar-refractivity contribution in [2.24, 2.45) is 5.92 Å². The van der Waals surface area contributed by atoms with Crippen LogP contribution in [0.3, 0.4) is 0 Å². The number of hydrogen-bond acceptors (Lipinski definition) is 2. The third-order valence-electron chi connectivity index (χ3n) is 4.53. The second-order valence-electron chi connectivity index (χ2n) is 5.86. The van der Waals surface area contributed by atoms with Crippen molar-refractivity contribution >= 4 is 0 Å². The van der Waals surface area contributed by atoms with Crippen LogP contribution in [0.1, 0.15) is 36.0 Å². The first kappa shape index (κ1) is 12.2. The van der Waals surface area contributed by atoms with Crippen LogP contribution in [0.15, 0.2) is 18.2 Å². The molecule has 1 fully saturated rings. The van der Waals surface area contributed by atoms with Gasteiger partial charge in [0, 0.05) is 13.2 Å².